The molecule has 1 unspecified atom stereocenters. The first-order chi connectivity index (χ1) is 7.68. The highest BCUT2D eigenvalue weighted by atomic mass is 16.3. The van der Waals surface area contributed by atoms with E-state index >= 15 is 0 Å². The third-order valence-corrected chi connectivity index (χ3v) is 4.06. The Bertz CT molecular complexity index is 399. The molecule has 3 aliphatic heterocycles. The lowest BCUT2D eigenvalue weighted by molar-refractivity contribution is -0.120. The molecule has 3 fully saturated rings. The maximum atomic E-state index is 10.9. The lowest BCUT2D eigenvalue weighted by Gasteiger charge is -2.50. The zero-order chi connectivity index (χ0) is 11.2. The smallest absolute Gasteiger partial charge is 0.122 e. The molecule has 3 nitrogen and oxygen atoms in total. The van der Waals surface area contributed by atoms with Gasteiger partial charge in [-0.1, -0.05) is 6.07 Å². The Morgan fingerprint density at radius 3 is 2.69 bits per heavy atom. The highest BCUT2D eigenvalue weighted by Gasteiger charge is 2.47. The summed E-state index contributed by atoms with van der Waals surface area (Å²) in [5, 5.41) is 10.9. The zero-order valence-corrected chi connectivity index (χ0v) is 9.69. The Labute approximate surface area is 96.1 Å². The molecule has 1 aromatic rings. The van der Waals surface area contributed by atoms with Gasteiger partial charge in [0.15, 0.2) is 0 Å². The van der Waals surface area contributed by atoms with Gasteiger partial charge in [-0.15, -0.1) is 0 Å². The van der Waals surface area contributed by atoms with Crippen LogP contribution in [0.1, 0.15) is 24.2 Å². The van der Waals surface area contributed by atoms with Crippen molar-refractivity contribution in [2.24, 2.45) is 5.92 Å². The minimum Gasteiger partial charge on any atom is -0.382 e. The molecule has 0 radical (unpaired) electrons. The van der Waals surface area contributed by atoms with E-state index < -0.39 is 5.60 Å². The zero-order valence-electron chi connectivity index (χ0n) is 9.69. The number of hydrogen-bond donors (Lipinski definition) is 1. The molecule has 3 heteroatoms. The molecule has 0 amide bonds. The highest BCUT2D eigenvalue weighted by molar-refractivity contribution is 5.20. The SMILES string of the molecule is Cc1cccc(C2(O)CN3CCC2CC3)n1. The van der Waals surface area contributed by atoms with Crippen LogP contribution in [0.4, 0.5) is 0 Å². The molecule has 0 saturated carbocycles. The average Bonchev–Trinajstić information content (AvgIpc) is 2.30. The van der Waals surface area contributed by atoms with Gasteiger partial charge >= 0.3 is 0 Å². The molecule has 2 bridgehead atoms. The molecule has 3 saturated heterocycles. The second kappa shape index (κ2) is 3.54. The molecule has 1 N–H and O–H groups in total. The number of piperidine rings is 3. The van der Waals surface area contributed by atoms with Crippen LogP contribution in [0.3, 0.4) is 0 Å². The van der Waals surface area contributed by atoms with Crippen LogP contribution >= 0.6 is 0 Å². The quantitative estimate of drug-likeness (QED) is 0.772. The van der Waals surface area contributed by atoms with E-state index in [1.165, 1.54) is 0 Å². The number of rotatable bonds is 1. The van der Waals surface area contributed by atoms with E-state index in [9.17, 15) is 5.11 Å². The number of fused-ring (bicyclic) bond motifs is 3. The largest absolute Gasteiger partial charge is 0.382 e. The summed E-state index contributed by atoms with van der Waals surface area (Å²) in [5.74, 6) is 0.395. The summed E-state index contributed by atoms with van der Waals surface area (Å²) in [7, 11) is 0. The van der Waals surface area contributed by atoms with E-state index in [1.807, 2.05) is 25.1 Å². The van der Waals surface area contributed by atoms with Crippen LogP contribution in [-0.4, -0.2) is 34.6 Å². The molecule has 0 aliphatic carbocycles. The van der Waals surface area contributed by atoms with Crippen LogP contribution in [-0.2, 0) is 5.60 Å². The number of aryl methyl sites for hydroxylation is 1. The van der Waals surface area contributed by atoms with Gasteiger partial charge in [0, 0.05) is 12.2 Å². The Morgan fingerprint density at radius 2 is 2.12 bits per heavy atom. The Hall–Kier alpha value is -0.930. The van der Waals surface area contributed by atoms with Crippen LogP contribution in [0.15, 0.2) is 18.2 Å². The van der Waals surface area contributed by atoms with Crippen molar-refractivity contribution in [1.29, 1.82) is 0 Å². The van der Waals surface area contributed by atoms with Gasteiger partial charge in [0.2, 0.25) is 0 Å². The standard InChI is InChI=1S/C13H18N2O/c1-10-3-2-4-12(14-10)13(16)9-15-7-5-11(13)6-8-15/h2-4,11,16H,5-9H2,1H3. The number of pyridine rings is 1. The van der Waals surface area contributed by atoms with E-state index in [0.717, 1.165) is 43.9 Å². The average molecular weight is 218 g/mol. The molecular weight excluding hydrogens is 200 g/mol. The predicted octanol–water partition coefficient (Wildman–Crippen LogP) is 1.30. The fourth-order valence-electron chi connectivity index (χ4n) is 3.11. The second-order valence-corrected chi connectivity index (χ2v) is 5.14. The normalized spacial score (nSPS) is 37.6. The summed E-state index contributed by atoms with van der Waals surface area (Å²) in [6.07, 6.45) is 2.21. The first-order valence-electron chi connectivity index (χ1n) is 6.07. The first-order valence-corrected chi connectivity index (χ1v) is 6.07. The van der Waals surface area contributed by atoms with E-state index in [-0.39, 0.29) is 0 Å². The van der Waals surface area contributed by atoms with Crippen molar-refractivity contribution in [2.75, 3.05) is 19.6 Å². The van der Waals surface area contributed by atoms with Crippen molar-refractivity contribution in [2.45, 2.75) is 25.4 Å². The molecule has 1 aromatic heterocycles. The Balaban J connectivity index is 1.99. The number of nitrogens with zero attached hydrogens (tertiary/aromatic N) is 2. The summed E-state index contributed by atoms with van der Waals surface area (Å²) >= 11 is 0. The van der Waals surface area contributed by atoms with Gasteiger partial charge < -0.3 is 10.0 Å². The maximum Gasteiger partial charge on any atom is 0.122 e. The molecule has 0 aromatic carbocycles. The third-order valence-electron chi connectivity index (χ3n) is 4.06. The van der Waals surface area contributed by atoms with Crippen LogP contribution in [0.25, 0.3) is 0 Å². The van der Waals surface area contributed by atoms with Crippen LogP contribution in [0.5, 0.6) is 0 Å². The van der Waals surface area contributed by atoms with E-state index in [4.69, 9.17) is 0 Å². The summed E-state index contributed by atoms with van der Waals surface area (Å²) in [5.41, 5.74) is 1.15. The molecule has 4 rings (SSSR count). The van der Waals surface area contributed by atoms with Gasteiger partial charge in [0.25, 0.3) is 0 Å². The minimum atomic E-state index is -0.706. The van der Waals surface area contributed by atoms with Gasteiger partial charge in [0.05, 0.1) is 5.69 Å². The predicted molar refractivity (Wildman–Crippen MR) is 62.0 cm³/mol. The molecule has 16 heavy (non-hydrogen) atoms. The van der Waals surface area contributed by atoms with Gasteiger partial charge in [-0.2, -0.15) is 0 Å². The van der Waals surface area contributed by atoms with E-state index in [2.05, 4.69) is 9.88 Å². The molecule has 86 valence electrons. The molecule has 3 aliphatic rings. The fraction of sp³-hybridized carbons (Fsp3) is 0.615. The minimum absolute atomic E-state index is 0.395. The maximum absolute atomic E-state index is 10.9. The molecule has 1 atom stereocenters. The number of hydrogen-bond acceptors (Lipinski definition) is 3. The molecule has 0 spiro atoms. The first kappa shape index (κ1) is 10.2. The van der Waals surface area contributed by atoms with Crippen molar-refractivity contribution in [3.8, 4) is 0 Å². The summed E-state index contributed by atoms with van der Waals surface area (Å²) < 4.78 is 0. The van der Waals surface area contributed by atoms with Gasteiger partial charge in [0.1, 0.15) is 5.60 Å². The summed E-state index contributed by atoms with van der Waals surface area (Å²) in [4.78, 5) is 6.86. The van der Waals surface area contributed by atoms with Crippen molar-refractivity contribution in [3.63, 3.8) is 0 Å². The van der Waals surface area contributed by atoms with Crippen molar-refractivity contribution in [1.82, 2.24) is 9.88 Å². The van der Waals surface area contributed by atoms with Gasteiger partial charge in [-0.3, -0.25) is 4.98 Å². The summed E-state index contributed by atoms with van der Waals surface area (Å²) in [6.45, 7) is 5.01. The van der Waals surface area contributed by atoms with Gasteiger partial charge in [-0.25, -0.2) is 0 Å². The second-order valence-electron chi connectivity index (χ2n) is 5.14. The monoisotopic (exact) mass is 218 g/mol. The third kappa shape index (κ3) is 1.46. The van der Waals surface area contributed by atoms with Crippen LogP contribution in [0.2, 0.25) is 0 Å². The van der Waals surface area contributed by atoms with Crippen LogP contribution < -0.4 is 0 Å². The summed E-state index contributed by atoms with van der Waals surface area (Å²) in [6, 6.07) is 5.94. The number of aliphatic hydroxyl groups is 1. The molecule has 4 heterocycles. The number of aromatic nitrogens is 1. The van der Waals surface area contributed by atoms with Crippen molar-refractivity contribution in [3.05, 3.63) is 29.6 Å². The fourth-order valence-corrected chi connectivity index (χ4v) is 3.11. The Kier molecular flexibility index (Phi) is 2.26. The topological polar surface area (TPSA) is 36.4 Å². The Morgan fingerprint density at radius 1 is 1.38 bits per heavy atom. The van der Waals surface area contributed by atoms with Gasteiger partial charge in [-0.05, 0) is 50.9 Å². The molecular formula is C13H18N2O. The lowest BCUT2D eigenvalue weighted by atomic mass is 9.73. The van der Waals surface area contributed by atoms with E-state index in [1.54, 1.807) is 0 Å². The van der Waals surface area contributed by atoms with Crippen molar-refractivity contribution < 1.29 is 5.11 Å². The van der Waals surface area contributed by atoms with Crippen molar-refractivity contribution >= 4 is 0 Å². The lowest BCUT2D eigenvalue weighted by Crippen LogP contribution is -2.57. The highest BCUT2D eigenvalue weighted by Crippen LogP contribution is 2.41. The van der Waals surface area contributed by atoms with Crippen LogP contribution in [0, 0.1) is 12.8 Å². The van der Waals surface area contributed by atoms with E-state index in [0.29, 0.717) is 5.92 Å².